The van der Waals surface area contributed by atoms with Gasteiger partial charge >= 0.3 is 12.3 Å². The number of benzene rings is 3. The number of carbonyl (C=O) groups is 3. The molecule has 0 atom stereocenters. The van der Waals surface area contributed by atoms with Gasteiger partial charge in [-0.15, -0.1) is 5.01 Å². The number of hydrogen-bond acceptors (Lipinski definition) is 10. The molecule has 0 unspecified atom stereocenters. The van der Waals surface area contributed by atoms with Crippen molar-refractivity contribution in [3.05, 3.63) is 106 Å². The zero-order valence-corrected chi connectivity index (χ0v) is 26.4. The lowest BCUT2D eigenvalue weighted by Crippen LogP contribution is -2.35. The molecule has 1 aliphatic heterocycles. The summed E-state index contributed by atoms with van der Waals surface area (Å²) in [7, 11) is -3.24. The Bertz CT molecular complexity index is 2000. The van der Waals surface area contributed by atoms with Crippen molar-refractivity contribution in [3.8, 4) is 16.9 Å². The number of hydrogen-bond donors (Lipinski definition) is 1. The van der Waals surface area contributed by atoms with Crippen LogP contribution >= 0.6 is 0 Å². The number of likely N-dealkylation sites (N-methyl/N-ethyl adjacent to an activating group) is 1. The molecule has 5 rings (SSSR count). The van der Waals surface area contributed by atoms with Gasteiger partial charge in [-0.25, -0.2) is 27.5 Å². The first-order valence-electron chi connectivity index (χ1n) is 14.2. The lowest BCUT2D eigenvalue weighted by atomic mass is 10.1. The van der Waals surface area contributed by atoms with Gasteiger partial charge in [0.05, 0.1) is 39.4 Å². The van der Waals surface area contributed by atoms with Crippen molar-refractivity contribution in [1.82, 2.24) is 24.4 Å². The van der Waals surface area contributed by atoms with Gasteiger partial charge < -0.3 is 14.8 Å². The van der Waals surface area contributed by atoms with Gasteiger partial charge in [-0.05, 0) is 49.4 Å². The van der Waals surface area contributed by atoms with E-state index in [-0.39, 0.29) is 34.0 Å². The van der Waals surface area contributed by atoms with E-state index in [4.69, 9.17) is 9.57 Å². The Morgan fingerprint density at radius 2 is 1.63 bits per heavy atom. The maximum Gasteiger partial charge on any atom is 0.435 e. The molecule has 3 amide bonds. The summed E-state index contributed by atoms with van der Waals surface area (Å²) in [5.74, 6) is -1.23. The Morgan fingerprint density at radius 1 is 1.02 bits per heavy atom. The highest BCUT2D eigenvalue weighted by molar-refractivity contribution is 7.90. The fourth-order valence-corrected chi connectivity index (χ4v) is 5.41. The number of hydrazine groups is 1. The third-order valence-electron chi connectivity index (χ3n) is 7.09. The van der Waals surface area contributed by atoms with Crippen LogP contribution in [0.2, 0.25) is 0 Å². The van der Waals surface area contributed by atoms with E-state index in [0.717, 1.165) is 38.4 Å². The molecule has 0 saturated heterocycles. The SMILES string of the molecule is Cc1ccc(-c2cc(C(F)(F)F)nn2-c2ccc(S(=O)(=O)NC(=O)OCCN(C)[N+]([O-])=NOCN3C(=O)c4ccccc4C3=O)cc2)cc1. The number of alkyl halides is 3. The number of aromatic nitrogens is 2. The molecule has 0 fully saturated rings. The third-order valence-corrected chi connectivity index (χ3v) is 8.42. The molecule has 256 valence electrons. The van der Waals surface area contributed by atoms with Crippen LogP contribution in [-0.2, 0) is 25.8 Å². The van der Waals surface area contributed by atoms with Gasteiger partial charge in [0, 0.05) is 5.56 Å². The van der Waals surface area contributed by atoms with Crippen LogP contribution in [0.5, 0.6) is 0 Å². The molecule has 0 radical (unpaired) electrons. The maximum absolute atomic E-state index is 13.5. The Labute approximate surface area is 276 Å². The summed E-state index contributed by atoms with van der Waals surface area (Å²) in [5.41, 5.74) is 0.813. The molecular formula is C30H26F3N7O8S. The predicted molar refractivity (Wildman–Crippen MR) is 162 cm³/mol. The lowest BCUT2D eigenvalue weighted by molar-refractivity contribution is -0.706. The molecule has 1 aliphatic rings. The first-order valence-corrected chi connectivity index (χ1v) is 15.6. The molecule has 3 aromatic carbocycles. The molecule has 1 aromatic heterocycles. The van der Waals surface area contributed by atoms with E-state index in [1.54, 1.807) is 41.1 Å². The highest BCUT2D eigenvalue weighted by atomic mass is 32.2. The highest BCUT2D eigenvalue weighted by Gasteiger charge is 2.36. The number of amides is 3. The molecular weight excluding hydrogens is 675 g/mol. The van der Waals surface area contributed by atoms with Crippen LogP contribution in [-0.4, -0.2) is 77.9 Å². The zero-order valence-electron chi connectivity index (χ0n) is 25.6. The summed E-state index contributed by atoms with van der Waals surface area (Å²) >= 11 is 0. The second-order valence-corrected chi connectivity index (χ2v) is 12.2. The van der Waals surface area contributed by atoms with E-state index in [2.05, 4.69) is 10.4 Å². The van der Waals surface area contributed by atoms with Crippen molar-refractivity contribution >= 4 is 27.9 Å². The van der Waals surface area contributed by atoms with Crippen molar-refractivity contribution in [2.45, 2.75) is 18.0 Å². The van der Waals surface area contributed by atoms with Gasteiger partial charge in [-0.2, -0.15) is 18.3 Å². The lowest BCUT2D eigenvalue weighted by Gasteiger charge is -2.14. The number of ether oxygens (including phenoxy) is 1. The Hall–Kier alpha value is -5.98. The van der Waals surface area contributed by atoms with Gasteiger partial charge in [-0.3, -0.25) is 9.59 Å². The van der Waals surface area contributed by atoms with Crippen LogP contribution in [0, 0.1) is 12.1 Å². The number of rotatable bonds is 11. The van der Waals surface area contributed by atoms with Crippen LogP contribution < -0.4 is 4.72 Å². The number of aryl methyl sites for hydroxylation is 1. The normalized spacial score (nSPS) is 13.3. The molecule has 1 N–H and O–H groups in total. The van der Waals surface area contributed by atoms with Crippen LogP contribution in [0.4, 0.5) is 18.0 Å². The van der Waals surface area contributed by atoms with Gasteiger partial charge in [0.2, 0.25) is 12.0 Å². The number of nitrogens with one attached hydrogen (secondary N) is 1. The molecule has 15 nitrogen and oxygen atoms in total. The molecule has 19 heteroatoms. The standard InChI is InChI=1S/C30H26F3N7O8S/c1-19-7-9-20(10-8-19)25-17-26(30(31,32)33)34-39(25)21-11-13-22(14-12-21)49(45,46)35-29(43)47-16-15-37(2)40(44)36-48-18-38-27(41)23-5-3-4-6-24(23)28(38)42/h3-14,17H,15-16,18H2,1-2H3,(H,35,43). The topological polar surface area (TPSA) is 179 Å². The molecule has 49 heavy (non-hydrogen) atoms. The summed E-state index contributed by atoms with van der Waals surface area (Å²) < 4.78 is 73.6. The van der Waals surface area contributed by atoms with E-state index in [1.807, 2.05) is 6.92 Å². The van der Waals surface area contributed by atoms with Crippen LogP contribution in [0.1, 0.15) is 32.0 Å². The highest BCUT2D eigenvalue weighted by Crippen LogP contribution is 2.33. The summed E-state index contributed by atoms with van der Waals surface area (Å²) in [6.45, 7) is 0.426. The van der Waals surface area contributed by atoms with Gasteiger partial charge in [-0.1, -0.05) is 42.0 Å². The van der Waals surface area contributed by atoms with Crippen LogP contribution in [0.15, 0.2) is 89.0 Å². The van der Waals surface area contributed by atoms with Gasteiger partial charge in [0.15, 0.2) is 5.69 Å². The number of sulfonamides is 1. The number of halogens is 3. The number of imide groups is 1. The Kier molecular flexibility index (Phi) is 9.56. The van der Waals surface area contributed by atoms with Crippen molar-refractivity contribution in [2.75, 3.05) is 26.9 Å². The molecule has 0 aliphatic carbocycles. The Morgan fingerprint density at radius 3 is 2.22 bits per heavy atom. The summed E-state index contributed by atoms with van der Waals surface area (Å²) in [4.78, 5) is 42.0. The summed E-state index contributed by atoms with van der Waals surface area (Å²) in [6, 6.07) is 18.3. The fraction of sp³-hybridized carbons (Fsp3) is 0.200. The molecule has 0 spiro atoms. The van der Waals surface area contributed by atoms with Crippen molar-refractivity contribution in [3.63, 3.8) is 0 Å². The van der Waals surface area contributed by atoms with Crippen molar-refractivity contribution < 1.29 is 50.5 Å². The average molecular weight is 702 g/mol. The maximum atomic E-state index is 13.5. The van der Waals surface area contributed by atoms with E-state index >= 15 is 0 Å². The monoisotopic (exact) mass is 701 g/mol. The third kappa shape index (κ3) is 7.61. The van der Waals surface area contributed by atoms with E-state index in [9.17, 15) is 41.2 Å². The van der Waals surface area contributed by atoms with Crippen molar-refractivity contribution in [2.24, 2.45) is 5.28 Å². The number of carbonyl (C=O) groups excluding carboxylic acids is 3. The fourth-order valence-electron chi connectivity index (χ4n) is 4.52. The molecule has 4 aromatic rings. The molecule has 0 saturated carbocycles. The summed E-state index contributed by atoms with van der Waals surface area (Å²) in [6.07, 6.45) is -6.11. The van der Waals surface area contributed by atoms with Crippen LogP contribution in [0.3, 0.4) is 0 Å². The van der Waals surface area contributed by atoms with E-state index < -0.39 is 58.0 Å². The number of nitrogens with zero attached hydrogens (tertiary/aromatic N) is 6. The van der Waals surface area contributed by atoms with Crippen LogP contribution in [0.25, 0.3) is 16.9 Å². The predicted octanol–water partition coefficient (Wildman–Crippen LogP) is 4.28. The first-order chi connectivity index (χ1) is 23.2. The Balaban J connectivity index is 1.14. The second kappa shape index (κ2) is 13.6. The minimum absolute atomic E-state index is 0.0424. The second-order valence-electron chi connectivity index (χ2n) is 10.5. The van der Waals surface area contributed by atoms with Gasteiger partial charge in [0.25, 0.3) is 21.8 Å². The molecule has 0 bridgehead atoms. The largest absolute Gasteiger partial charge is 0.569 e. The smallest absolute Gasteiger partial charge is 0.435 e. The van der Waals surface area contributed by atoms with Crippen molar-refractivity contribution in [1.29, 1.82) is 0 Å². The number of fused-ring (bicyclic) bond motifs is 1. The minimum Gasteiger partial charge on any atom is -0.569 e. The quantitative estimate of drug-likeness (QED) is 0.103. The summed E-state index contributed by atoms with van der Waals surface area (Å²) in [5, 5.41) is 19.9. The van der Waals surface area contributed by atoms with E-state index in [0.29, 0.717) is 5.56 Å². The van der Waals surface area contributed by atoms with E-state index in [1.165, 1.54) is 31.3 Å². The zero-order chi connectivity index (χ0) is 35.5. The molecule has 2 heterocycles. The minimum atomic E-state index is -4.73. The average Bonchev–Trinajstić information content (AvgIpc) is 3.61. The van der Waals surface area contributed by atoms with Gasteiger partial charge in [0.1, 0.15) is 13.2 Å². The first kappa shape index (κ1) is 34.4.